The van der Waals surface area contributed by atoms with Gasteiger partial charge in [0.05, 0.1) is 6.42 Å². The van der Waals surface area contributed by atoms with Crippen LogP contribution in [0.4, 0.5) is 0 Å². The Morgan fingerprint density at radius 3 is 2.18 bits per heavy atom. The maximum absolute atomic E-state index is 10.7. The zero-order chi connectivity index (χ0) is 15.9. The van der Waals surface area contributed by atoms with Gasteiger partial charge in [-0.05, 0) is 41.4 Å². The van der Waals surface area contributed by atoms with E-state index in [1.165, 1.54) is 11.1 Å². The number of carbonyl (C=O) groups is 1. The molecular formula is C20H24O2. The highest BCUT2D eigenvalue weighted by atomic mass is 16.4. The summed E-state index contributed by atoms with van der Waals surface area (Å²) in [5, 5.41) is 8.84. The van der Waals surface area contributed by atoms with Crippen molar-refractivity contribution in [1.29, 1.82) is 0 Å². The summed E-state index contributed by atoms with van der Waals surface area (Å²) in [7, 11) is 0. The van der Waals surface area contributed by atoms with E-state index in [-0.39, 0.29) is 6.42 Å². The van der Waals surface area contributed by atoms with E-state index in [0.29, 0.717) is 11.8 Å². The molecule has 2 atom stereocenters. The first kappa shape index (κ1) is 16.3. The maximum atomic E-state index is 10.7. The van der Waals surface area contributed by atoms with Gasteiger partial charge in [-0.25, -0.2) is 0 Å². The monoisotopic (exact) mass is 296 g/mol. The standard InChI is InChI=1S/C20H24O2/c1-3-17(13-15(2)18-7-5-4-6-8-18)19-11-9-16(10-12-19)14-20(21)22/h4-12,15,17H,3,13-14H2,1-2H3,(H,21,22). The first-order valence-corrected chi connectivity index (χ1v) is 7.95. The second-order valence-corrected chi connectivity index (χ2v) is 5.96. The van der Waals surface area contributed by atoms with Crippen molar-refractivity contribution in [3.8, 4) is 0 Å². The third-order valence-corrected chi connectivity index (χ3v) is 4.31. The van der Waals surface area contributed by atoms with Crippen molar-refractivity contribution in [2.75, 3.05) is 0 Å². The minimum absolute atomic E-state index is 0.0947. The molecule has 0 radical (unpaired) electrons. The lowest BCUT2D eigenvalue weighted by Gasteiger charge is -2.21. The SMILES string of the molecule is CCC(CC(C)c1ccccc1)c1ccc(CC(=O)O)cc1. The zero-order valence-electron chi connectivity index (χ0n) is 13.3. The zero-order valence-corrected chi connectivity index (χ0v) is 13.3. The molecule has 0 heterocycles. The van der Waals surface area contributed by atoms with Crippen LogP contribution in [0, 0.1) is 0 Å². The lowest BCUT2D eigenvalue weighted by molar-refractivity contribution is -0.136. The van der Waals surface area contributed by atoms with E-state index in [1.807, 2.05) is 12.1 Å². The number of aliphatic carboxylic acids is 1. The van der Waals surface area contributed by atoms with Crippen LogP contribution >= 0.6 is 0 Å². The number of benzene rings is 2. The number of carboxylic acid groups (broad SMARTS) is 1. The predicted octanol–water partition coefficient (Wildman–Crippen LogP) is 5.00. The van der Waals surface area contributed by atoms with Gasteiger partial charge < -0.3 is 5.11 Å². The number of rotatable bonds is 7. The summed E-state index contributed by atoms with van der Waals surface area (Å²) in [6.07, 6.45) is 2.30. The van der Waals surface area contributed by atoms with Gasteiger partial charge in [0, 0.05) is 0 Å². The lowest BCUT2D eigenvalue weighted by atomic mass is 9.84. The highest BCUT2D eigenvalue weighted by Crippen LogP contribution is 2.32. The van der Waals surface area contributed by atoms with E-state index in [0.717, 1.165) is 18.4 Å². The fourth-order valence-corrected chi connectivity index (χ4v) is 2.97. The van der Waals surface area contributed by atoms with Crippen LogP contribution in [0.15, 0.2) is 54.6 Å². The van der Waals surface area contributed by atoms with Gasteiger partial charge in [0.15, 0.2) is 0 Å². The summed E-state index contributed by atoms with van der Waals surface area (Å²) < 4.78 is 0. The van der Waals surface area contributed by atoms with Crippen LogP contribution in [0.25, 0.3) is 0 Å². The molecule has 2 unspecified atom stereocenters. The smallest absolute Gasteiger partial charge is 0.307 e. The molecule has 0 aliphatic rings. The first-order valence-electron chi connectivity index (χ1n) is 7.95. The van der Waals surface area contributed by atoms with Crippen molar-refractivity contribution in [3.63, 3.8) is 0 Å². The van der Waals surface area contributed by atoms with Gasteiger partial charge >= 0.3 is 5.97 Å². The molecule has 2 aromatic rings. The Morgan fingerprint density at radius 2 is 1.64 bits per heavy atom. The third-order valence-electron chi connectivity index (χ3n) is 4.31. The van der Waals surface area contributed by atoms with Crippen molar-refractivity contribution >= 4 is 5.97 Å². The summed E-state index contributed by atoms with van der Waals surface area (Å²) in [6.45, 7) is 4.49. The average Bonchev–Trinajstić information content (AvgIpc) is 2.53. The summed E-state index contributed by atoms with van der Waals surface area (Å²) in [4.78, 5) is 10.7. The molecule has 0 saturated heterocycles. The molecule has 2 nitrogen and oxygen atoms in total. The molecule has 2 aromatic carbocycles. The number of carboxylic acids is 1. The van der Waals surface area contributed by atoms with Gasteiger partial charge in [-0.15, -0.1) is 0 Å². The van der Waals surface area contributed by atoms with Crippen LogP contribution in [0.3, 0.4) is 0 Å². The Hall–Kier alpha value is -2.09. The van der Waals surface area contributed by atoms with Gasteiger partial charge in [-0.2, -0.15) is 0 Å². The second kappa shape index (κ2) is 7.79. The third kappa shape index (κ3) is 4.45. The van der Waals surface area contributed by atoms with Crippen molar-refractivity contribution in [2.24, 2.45) is 0 Å². The lowest BCUT2D eigenvalue weighted by Crippen LogP contribution is -2.05. The fraction of sp³-hybridized carbons (Fsp3) is 0.350. The van der Waals surface area contributed by atoms with Crippen molar-refractivity contribution < 1.29 is 9.90 Å². The molecule has 2 heteroatoms. The van der Waals surface area contributed by atoms with Gasteiger partial charge in [0.1, 0.15) is 0 Å². The average molecular weight is 296 g/mol. The van der Waals surface area contributed by atoms with Crippen LogP contribution in [0.2, 0.25) is 0 Å². The largest absolute Gasteiger partial charge is 0.481 e. The molecular weight excluding hydrogens is 272 g/mol. The summed E-state index contributed by atoms with van der Waals surface area (Å²) in [5.41, 5.74) is 3.55. The summed E-state index contributed by atoms with van der Waals surface area (Å²) in [5.74, 6) is 0.247. The van der Waals surface area contributed by atoms with Gasteiger partial charge in [0.2, 0.25) is 0 Å². The molecule has 0 aromatic heterocycles. The normalized spacial score (nSPS) is 13.5. The Balaban J connectivity index is 2.06. The second-order valence-electron chi connectivity index (χ2n) is 5.96. The topological polar surface area (TPSA) is 37.3 Å². The number of hydrogen-bond acceptors (Lipinski definition) is 1. The highest BCUT2D eigenvalue weighted by molar-refractivity contribution is 5.70. The molecule has 2 rings (SSSR count). The Morgan fingerprint density at radius 1 is 1.00 bits per heavy atom. The van der Waals surface area contributed by atoms with E-state index in [9.17, 15) is 4.79 Å². The minimum atomic E-state index is -0.780. The Kier molecular flexibility index (Phi) is 5.76. The van der Waals surface area contributed by atoms with Crippen LogP contribution < -0.4 is 0 Å². The van der Waals surface area contributed by atoms with Crippen LogP contribution in [0.5, 0.6) is 0 Å². The molecule has 0 fully saturated rings. The van der Waals surface area contributed by atoms with Crippen LogP contribution in [0.1, 0.15) is 55.2 Å². The van der Waals surface area contributed by atoms with Crippen molar-refractivity contribution in [2.45, 2.75) is 44.9 Å². The Labute approximate surface area is 132 Å². The van der Waals surface area contributed by atoms with E-state index >= 15 is 0 Å². The first-order chi connectivity index (χ1) is 10.6. The van der Waals surface area contributed by atoms with E-state index in [1.54, 1.807) is 0 Å². The molecule has 0 aliphatic heterocycles. The molecule has 1 N–H and O–H groups in total. The van der Waals surface area contributed by atoms with Crippen molar-refractivity contribution in [1.82, 2.24) is 0 Å². The van der Waals surface area contributed by atoms with Gasteiger partial charge in [0.25, 0.3) is 0 Å². The Bertz CT molecular complexity index is 587. The maximum Gasteiger partial charge on any atom is 0.307 e. The van der Waals surface area contributed by atoms with Gasteiger partial charge in [-0.1, -0.05) is 68.4 Å². The molecule has 116 valence electrons. The quantitative estimate of drug-likeness (QED) is 0.780. The summed E-state index contributed by atoms with van der Waals surface area (Å²) >= 11 is 0. The van der Waals surface area contributed by atoms with E-state index < -0.39 is 5.97 Å². The molecule has 0 saturated carbocycles. The van der Waals surface area contributed by atoms with Crippen molar-refractivity contribution in [3.05, 3.63) is 71.3 Å². The molecule has 0 aliphatic carbocycles. The minimum Gasteiger partial charge on any atom is -0.481 e. The summed E-state index contributed by atoms with van der Waals surface area (Å²) in [6, 6.07) is 18.7. The molecule has 22 heavy (non-hydrogen) atoms. The van der Waals surface area contributed by atoms with E-state index in [4.69, 9.17) is 5.11 Å². The molecule has 0 amide bonds. The molecule has 0 spiro atoms. The number of hydrogen-bond donors (Lipinski definition) is 1. The molecule has 0 bridgehead atoms. The fourth-order valence-electron chi connectivity index (χ4n) is 2.97. The highest BCUT2D eigenvalue weighted by Gasteiger charge is 2.15. The van der Waals surface area contributed by atoms with Crippen LogP contribution in [-0.2, 0) is 11.2 Å². The van der Waals surface area contributed by atoms with Gasteiger partial charge in [-0.3, -0.25) is 4.79 Å². The predicted molar refractivity (Wildman–Crippen MR) is 90.3 cm³/mol. The van der Waals surface area contributed by atoms with E-state index in [2.05, 4.69) is 56.3 Å². The van der Waals surface area contributed by atoms with Crippen LogP contribution in [-0.4, -0.2) is 11.1 Å².